The summed E-state index contributed by atoms with van der Waals surface area (Å²) in [4.78, 5) is 8.23. The summed E-state index contributed by atoms with van der Waals surface area (Å²) < 4.78 is 1.77. The van der Waals surface area contributed by atoms with Crippen LogP contribution in [0.3, 0.4) is 0 Å². The van der Waals surface area contributed by atoms with Crippen molar-refractivity contribution in [3.63, 3.8) is 0 Å². The first-order valence-electron chi connectivity index (χ1n) is 8.80. The SMILES string of the molecule is C[C@]1(C(O)c2ccc(Cl)c(Cl)c2)C[C@@H](n2ccc3c(N)ncnc32)[C@H](O)[C@@H]1O. The number of nitrogen functional groups attached to an aromatic ring is 1. The first kappa shape index (κ1) is 19.4. The molecule has 1 aromatic carbocycles. The van der Waals surface area contributed by atoms with Crippen LogP contribution in [0, 0.1) is 5.41 Å². The first-order chi connectivity index (χ1) is 13.2. The Morgan fingerprint density at radius 3 is 2.68 bits per heavy atom. The maximum absolute atomic E-state index is 11.0. The summed E-state index contributed by atoms with van der Waals surface area (Å²) in [6.45, 7) is 1.74. The minimum atomic E-state index is -1.17. The molecule has 4 rings (SSSR count). The fourth-order valence-corrected chi connectivity index (χ4v) is 4.46. The van der Waals surface area contributed by atoms with Crippen LogP contribution in [0.2, 0.25) is 10.0 Å². The molecule has 5 N–H and O–H groups in total. The number of hydrogen-bond donors (Lipinski definition) is 4. The lowest BCUT2D eigenvalue weighted by atomic mass is 9.77. The van der Waals surface area contributed by atoms with Crippen LogP contribution < -0.4 is 5.73 Å². The zero-order chi connectivity index (χ0) is 20.2. The van der Waals surface area contributed by atoms with E-state index < -0.39 is 29.8 Å². The van der Waals surface area contributed by atoms with E-state index in [1.165, 1.54) is 6.33 Å². The number of halogens is 2. The highest BCUT2D eigenvalue weighted by Gasteiger charge is 2.54. The van der Waals surface area contributed by atoms with Crippen LogP contribution in [0.15, 0.2) is 36.8 Å². The van der Waals surface area contributed by atoms with Gasteiger partial charge in [-0.15, -0.1) is 0 Å². The van der Waals surface area contributed by atoms with Gasteiger partial charge in [-0.25, -0.2) is 9.97 Å². The van der Waals surface area contributed by atoms with Gasteiger partial charge >= 0.3 is 0 Å². The first-order valence-corrected chi connectivity index (χ1v) is 9.56. The summed E-state index contributed by atoms with van der Waals surface area (Å²) >= 11 is 12.0. The van der Waals surface area contributed by atoms with Crippen molar-refractivity contribution in [3.05, 3.63) is 52.4 Å². The zero-order valence-electron chi connectivity index (χ0n) is 15.0. The Morgan fingerprint density at radius 1 is 1.21 bits per heavy atom. The Morgan fingerprint density at radius 2 is 1.96 bits per heavy atom. The standard InChI is InChI=1S/C19H20Cl2N4O3/c1-19(15(27)9-2-3-11(20)12(21)6-9)7-13(14(26)16(19)28)25-5-4-10-17(22)23-8-24-18(10)25/h2-6,8,13-16,26-28H,7H2,1H3,(H2,22,23,24)/t13-,14+,15?,16+,19-/m1/s1. The van der Waals surface area contributed by atoms with E-state index in [9.17, 15) is 15.3 Å². The highest BCUT2D eigenvalue weighted by molar-refractivity contribution is 6.42. The number of rotatable bonds is 3. The zero-order valence-corrected chi connectivity index (χ0v) is 16.5. The molecule has 2 heterocycles. The summed E-state index contributed by atoms with van der Waals surface area (Å²) in [6, 6.07) is 6.11. The molecule has 1 saturated carbocycles. The molecule has 0 amide bonds. The number of aliphatic hydroxyl groups is 3. The van der Waals surface area contributed by atoms with Crippen molar-refractivity contribution in [3.8, 4) is 0 Å². The van der Waals surface area contributed by atoms with Crippen molar-refractivity contribution >= 4 is 40.1 Å². The fourth-order valence-electron chi connectivity index (χ4n) is 4.15. The number of nitrogens with zero attached hydrogens (tertiary/aromatic N) is 3. The molecule has 0 aliphatic heterocycles. The average Bonchev–Trinajstić information content (AvgIpc) is 3.20. The molecule has 1 aliphatic carbocycles. The van der Waals surface area contributed by atoms with E-state index >= 15 is 0 Å². The third kappa shape index (κ3) is 2.86. The molecular weight excluding hydrogens is 403 g/mol. The second kappa shape index (κ2) is 6.86. The van der Waals surface area contributed by atoms with E-state index in [4.69, 9.17) is 28.9 Å². The molecule has 0 saturated heterocycles. The smallest absolute Gasteiger partial charge is 0.145 e. The molecule has 7 nitrogen and oxygen atoms in total. The van der Waals surface area contributed by atoms with Crippen molar-refractivity contribution in [1.29, 1.82) is 0 Å². The molecule has 1 unspecified atom stereocenters. The number of hydrogen-bond acceptors (Lipinski definition) is 6. The highest BCUT2D eigenvalue weighted by atomic mass is 35.5. The molecule has 3 aromatic rings. The minimum Gasteiger partial charge on any atom is -0.390 e. The summed E-state index contributed by atoms with van der Waals surface area (Å²) in [5.74, 6) is 0.343. The Balaban J connectivity index is 1.72. The van der Waals surface area contributed by atoms with Gasteiger partial charge in [0.25, 0.3) is 0 Å². The number of anilines is 1. The van der Waals surface area contributed by atoms with Crippen molar-refractivity contribution in [2.75, 3.05) is 5.73 Å². The lowest BCUT2D eigenvalue weighted by Crippen LogP contribution is -2.38. The van der Waals surface area contributed by atoms with E-state index in [0.29, 0.717) is 38.9 Å². The van der Waals surface area contributed by atoms with Crippen LogP contribution in [-0.2, 0) is 0 Å². The van der Waals surface area contributed by atoms with E-state index in [1.807, 2.05) is 0 Å². The van der Waals surface area contributed by atoms with Gasteiger partial charge in [-0.05, 0) is 30.2 Å². The summed E-state index contributed by atoms with van der Waals surface area (Å²) in [7, 11) is 0. The number of aromatic nitrogens is 3. The van der Waals surface area contributed by atoms with E-state index in [2.05, 4.69) is 9.97 Å². The van der Waals surface area contributed by atoms with E-state index in [0.717, 1.165) is 0 Å². The Hall–Kier alpha value is -1.90. The van der Waals surface area contributed by atoms with E-state index in [1.54, 1.807) is 42.0 Å². The fraction of sp³-hybridized carbons (Fsp3) is 0.368. The molecule has 9 heteroatoms. The third-order valence-electron chi connectivity index (χ3n) is 5.82. The summed E-state index contributed by atoms with van der Waals surface area (Å²) in [6.07, 6.45) is 0.0968. The van der Waals surface area contributed by atoms with Crippen LogP contribution >= 0.6 is 23.2 Å². The van der Waals surface area contributed by atoms with Gasteiger partial charge in [-0.2, -0.15) is 0 Å². The van der Waals surface area contributed by atoms with Gasteiger partial charge in [0.05, 0.1) is 33.7 Å². The summed E-state index contributed by atoms with van der Waals surface area (Å²) in [5.41, 5.74) is 5.96. The van der Waals surface area contributed by atoms with Crippen molar-refractivity contribution in [1.82, 2.24) is 14.5 Å². The van der Waals surface area contributed by atoms with Gasteiger partial charge in [-0.1, -0.05) is 36.2 Å². The third-order valence-corrected chi connectivity index (χ3v) is 6.56. The maximum Gasteiger partial charge on any atom is 0.145 e. The summed E-state index contributed by atoms with van der Waals surface area (Å²) in [5, 5.41) is 34.0. The number of fused-ring (bicyclic) bond motifs is 1. The van der Waals surface area contributed by atoms with Gasteiger partial charge in [-0.3, -0.25) is 0 Å². The second-order valence-corrected chi connectivity index (χ2v) is 8.32. The van der Waals surface area contributed by atoms with Gasteiger partial charge in [0.1, 0.15) is 23.9 Å². The normalized spacial score (nSPS) is 28.7. The molecular formula is C19H20Cl2N4O3. The van der Waals surface area contributed by atoms with Crippen LogP contribution in [0.1, 0.15) is 31.1 Å². The quantitative estimate of drug-likeness (QED) is 0.515. The lowest BCUT2D eigenvalue weighted by molar-refractivity contribution is -0.0764. The maximum atomic E-state index is 11.0. The minimum absolute atomic E-state index is 0.310. The van der Waals surface area contributed by atoms with Gasteiger partial charge in [0.15, 0.2) is 0 Å². The molecule has 0 bridgehead atoms. The highest BCUT2D eigenvalue weighted by Crippen LogP contribution is 2.52. The van der Waals surface area contributed by atoms with Crippen molar-refractivity contribution < 1.29 is 15.3 Å². The molecule has 148 valence electrons. The monoisotopic (exact) mass is 422 g/mol. The molecule has 1 fully saturated rings. The Labute approximate surface area is 171 Å². The molecule has 0 radical (unpaired) electrons. The van der Waals surface area contributed by atoms with E-state index in [-0.39, 0.29) is 0 Å². The topological polar surface area (TPSA) is 117 Å². The van der Waals surface area contributed by atoms with Crippen LogP contribution in [-0.4, -0.2) is 42.1 Å². The largest absolute Gasteiger partial charge is 0.390 e. The molecule has 2 aromatic heterocycles. The number of benzene rings is 1. The number of aliphatic hydroxyl groups excluding tert-OH is 3. The Kier molecular flexibility index (Phi) is 4.76. The van der Waals surface area contributed by atoms with Crippen molar-refractivity contribution in [2.45, 2.75) is 37.7 Å². The Bertz CT molecular complexity index is 1040. The van der Waals surface area contributed by atoms with Gasteiger partial charge in [0.2, 0.25) is 0 Å². The molecule has 0 spiro atoms. The van der Waals surface area contributed by atoms with Gasteiger partial charge in [0, 0.05) is 11.6 Å². The van der Waals surface area contributed by atoms with Crippen LogP contribution in [0.4, 0.5) is 5.82 Å². The predicted octanol–water partition coefficient (Wildman–Crippen LogP) is 2.73. The molecule has 28 heavy (non-hydrogen) atoms. The molecule has 1 aliphatic rings. The van der Waals surface area contributed by atoms with Crippen LogP contribution in [0.5, 0.6) is 0 Å². The lowest BCUT2D eigenvalue weighted by Gasteiger charge is -2.34. The second-order valence-electron chi connectivity index (χ2n) is 7.51. The molecule has 5 atom stereocenters. The number of nitrogens with two attached hydrogens (primary N) is 1. The van der Waals surface area contributed by atoms with Gasteiger partial charge < -0.3 is 25.6 Å². The van der Waals surface area contributed by atoms with Crippen molar-refractivity contribution in [2.24, 2.45) is 5.41 Å². The average molecular weight is 423 g/mol. The predicted molar refractivity (Wildman–Crippen MR) is 107 cm³/mol. The van der Waals surface area contributed by atoms with Crippen LogP contribution in [0.25, 0.3) is 11.0 Å².